The molecule has 0 N–H and O–H groups in total. The van der Waals surface area contributed by atoms with E-state index in [0.29, 0.717) is 5.92 Å². The van der Waals surface area contributed by atoms with Gasteiger partial charge in [-0.15, -0.1) is 0 Å². The lowest BCUT2D eigenvalue weighted by molar-refractivity contribution is 0.577. The molecule has 0 fully saturated rings. The Morgan fingerprint density at radius 1 is 0.913 bits per heavy atom. The number of rotatable bonds is 2. The topological polar surface area (TPSA) is 0 Å². The molecule has 0 heterocycles. The maximum atomic E-state index is 2.37. The normalized spacial score (nSPS) is 16.0. The van der Waals surface area contributed by atoms with E-state index in [9.17, 15) is 0 Å². The predicted molar refractivity (Wildman–Crippen MR) is 98.9 cm³/mol. The fourth-order valence-electron chi connectivity index (χ4n) is 4.06. The standard InChI is InChI=1S/C23H24/c1-23(2,3)22-13-12-19-18-11-7-6-10-17(18)15-20(19)21(22)14-16-8-4-5-9-16/h4-13,16H,14-15H2,1-3H3. The highest BCUT2D eigenvalue weighted by atomic mass is 14.3. The number of allylic oxidation sites excluding steroid dienone is 4. The van der Waals surface area contributed by atoms with E-state index in [2.05, 4.69) is 81.5 Å². The molecule has 0 aromatic heterocycles. The largest absolute Gasteiger partial charge is 0.0773 e. The third-order valence-corrected chi connectivity index (χ3v) is 5.18. The molecule has 23 heavy (non-hydrogen) atoms. The van der Waals surface area contributed by atoms with Gasteiger partial charge < -0.3 is 0 Å². The fraction of sp³-hybridized carbons (Fsp3) is 0.304. The maximum absolute atomic E-state index is 2.37. The van der Waals surface area contributed by atoms with Gasteiger partial charge in [-0.25, -0.2) is 0 Å². The zero-order chi connectivity index (χ0) is 16.0. The van der Waals surface area contributed by atoms with Crippen LogP contribution < -0.4 is 0 Å². The fourth-order valence-corrected chi connectivity index (χ4v) is 4.06. The molecule has 2 aliphatic rings. The average Bonchev–Trinajstić information content (AvgIpc) is 3.13. The van der Waals surface area contributed by atoms with Gasteiger partial charge in [-0.1, -0.05) is 81.5 Å². The first-order valence-electron chi connectivity index (χ1n) is 8.62. The smallest absolute Gasteiger partial charge is 0.000662 e. The average molecular weight is 300 g/mol. The Morgan fingerprint density at radius 3 is 2.39 bits per heavy atom. The summed E-state index contributed by atoms with van der Waals surface area (Å²) in [6, 6.07) is 13.6. The van der Waals surface area contributed by atoms with Crippen LogP contribution >= 0.6 is 0 Å². The van der Waals surface area contributed by atoms with Crippen molar-refractivity contribution >= 4 is 0 Å². The van der Waals surface area contributed by atoms with Crippen LogP contribution in [0.2, 0.25) is 0 Å². The lowest BCUT2D eigenvalue weighted by Gasteiger charge is -2.26. The van der Waals surface area contributed by atoms with Gasteiger partial charge in [0, 0.05) is 0 Å². The first-order chi connectivity index (χ1) is 11.0. The van der Waals surface area contributed by atoms with Gasteiger partial charge >= 0.3 is 0 Å². The van der Waals surface area contributed by atoms with E-state index < -0.39 is 0 Å². The quantitative estimate of drug-likeness (QED) is 0.557. The Kier molecular flexibility index (Phi) is 3.30. The predicted octanol–water partition coefficient (Wildman–Crippen LogP) is 5.84. The van der Waals surface area contributed by atoms with Crippen molar-refractivity contribution in [3.63, 3.8) is 0 Å². The summed E-state index contributed by atoms with van der Waals surface area (Å²) in [6.45, 7) is 7.00. The second-order valence-electron chi connectivity index (χ2n) is 7.84. The van der Waals surface area contributed by atoms with Gasteiger partial charge in [0.05, 0.1) is 0 Å². The van der Waals surface area contributed by atoms with Crippen molar-refractivity contribution in [2.75, 3.05) is 0 Å². The first kappa shape index (κ1) is 14.5. The lowest BCUT2D eigenvalue weighted by atomic mass is 9.78. The van der Waals surface area contributed by atoms with Crippen molar-refractivity contribution in [2.45, 2.75) is 39.0 Å². The van der Waals surface area contributed by atoms with Crippen LogP contribution in [0, 0.1) is 5.92 Å². The Labute approximate surface area is 139 Å². The Morgan fingerprint density at radius 2 is 1.65 bits per heavy atom. The monoisotopic (exact) mass is 300 g/mol. The van der Waals surface area contributed by atoms with Gasteiger partial charge in [0.1, 0.15) is 0 Å². The number of hydrogen-bond donors (Lipinski definition) is 0. The molecule has 0 amide bonds. The summed E-state index contributed by atoms with van der Waals surface area (Å²) in [7, 11) is 0. The molecule has 0 radical (unpaired) electrons. The Hall–Kier alpha value is -2.08. The summed E-state index contributed by atoms with van der Waals surface area (Å²) in [5.41, 5.74) is 9.20. The Bertz CT molecular complexity index is 800. The van der Waals surface area contributed by atoms with Crippen molar-refractivity contribution < 1.29 is 0 Å². The summed E-state index contributed by atoms with van der Waals surface area (Å²) in [5.74, 6) is 0.548. The first-order valence-corrected chi connectivity index (χ1v) is 8.62. The molecule has 0 saturated carbocycles. The van der Waals surface area contributed by atoms with Crippen LogP contribution in [0.15, 0.2) is 60.7 Å². The van der Waals surface area contributed by atoms with Crippen LogP contribution in [0.25, 0.3) is 11.1 Å². The van der Waals surface area contributed by atoms with Crippen molar-refractivity contribution in [3.05, 3.63) is 83.0 Å². The molecule has 0 atom stereocenters. The van der Waals surface area contributed by atoms with E-state index in [1.165, 1.54) is 22.3 Å². The molecule has 116 valence electrons. The molecule has 2 aliphatic carbocycles. The van der Waals surface area contributed by atoms with Crippen LogP contribution in [0.5, 0.6) is 0 Å². The second-order valence-corrected chi connectivity index (χ2v) is 7.84. The van der Waals surface area contributed by atoms with E-state index >= 15 is 0 Å². The molecule has 2 aromatic carbocycles. The van der Waals surface area contributed by atoms with Crippen LogP contribution in [-0.4, -0.2) is 0 Å². The molecule has 0 aliphatic heterocycles. The van der Waals surface area contributed by atoms with E-state index in [-0.39, 0.29) is 5.41 Å². The molecule has 0 spiro atoms. The molecule has 0 bridgehead atoms. The highest BCUT2D eigenvalue weighted by molar-refractivity contribution is 5.78. The number of hydrogen-bond acceptors (Lipinski definition) is 0. The molecule has 2 aromatic rings. The highest BCUT2D eigenvalue weighted by Crippen LogP contribution is 2.42. The summed E-state index contributed by atoms with van der Waals surface area (Å²) in [6.07, 6.45) is 11.2. The van der Waals surface area contributed by atoms with Gasteiger partial charge in [0.25, 0.3) is 0 Å². The molecule has 0 unspecified atom stereocenters. The minimum Gasteiger partial charge on any atom is -0.0773 e. The molecule has 0 saturated heterocycles. The summed E-state index contributed by atoms with van der Waals surface area (Å²) in [5, 5.41) is 0. The molecular weight excluding hydrogens is 276 g/mol. The van der Waals surface area contributed by atoms with E-state index in [4.69, 9.17) is 0 Å². The number of fused-ring (bicyclic) bond motifs is 3. The third kappa shape index (κ3) is 2.47. The van der Waals surface area contributed by atoms with Gasteiger partial charge in [0.15, 0.2) is 0 Å². The van der Waals surface area contributed by atoms with Crippen LogP contribution in [0.1, 0.15) is 43.0 Å². The molecule has 4 rings (SSSR count). The van der Waals surface area contributed by atoms with Crippen molar-refractivity contribution in [1.29, 1.82) is 0 Å². The van der Waals surface area contributed by atoms with Crippen molar-refractivity contribution in [3.8, 4) is 11.1 Å². The minimum absolute atomic E-state index is 0.186. The van der Waals surface area contributed by atoms with E-state index in [0.717, 1.165) is 12.8 Å². The summed E-state index contributed by atoms with van der Waals surface area (Å²) >= 11 is 0. The third-order valence-electron chi connectivity index (χ3n) is 5.18. The Balaban J connectivity index is 1.87. The zero-order valence-corrected chi connectivity index (χ0v) is 14.3. The van der Waals surface area contributed by atoms with Gasteiger partial charge in [-0.2, -0.15) is 0 Å². The maximum Gasteiger partial charge on any atom is -0.000662 e. The molecule has 0 heteroatoms. The SMILES string of the molecule is CC(C)(C)c1ccc2c(c1CC1C=CC=C1)Cc1ccccc1-2. The van der Waals surface area contributed by atoms with E-state index in [1.54, 1.807) is 11.1 Å². The highest BCUT2D eigenvalue weighted by Gasteiger charge is 2.27. The van der Waals surface area contributed by atoms with Crippen LogP contribution in [0.4, 0.5) is 0 Å². The van der Waals surface area contributed by atoms with Crippen LogP contribution in [-0.2, 0) is 18.3 Å². The lowest BCUT2D eigenvalue weighted by Crippen LogP contribution is -2.17. The van der Waals surface area contributed by atoms with Gasteiger partial charge in [0.2, 0.25) is 0 Å². The number of benzene rings is 2. The minimum atomic E-state index is 0.186. The second kappa shape index (κ2) is 5.23. The van der Waals surface area contributed by atoms with E-state index in [1.807, 2.05) is 0 Å². The van der Waals surface area contributed by atoms with Crippen LogP contribution in [0.3, 0.4) is 0 Å². The van der Waals surface area contributed by atoms with Crippen molar-refractivity contribution in [1.82, 2.24) is 0 Å². The summed E-state index contributed by atoms with van der Waals surface area (Å²) in [4.78, 5) is 0. The summed E-state index contributed by atoms with van der Waals surface area (Å²) < 4.78 is 0. The molecular formula is C23H24. The molecule has 0 nitrogen and oxygen atoms in total. The zero-order valence-electron chi connectivity index (χ0n) is 14.3. The van der Waals surface area contributed by atoms with Gasteiger partial charge in [-0.05, 0) is 57.6 Å². The van der Waals surface area contributed by atoms with Gasteiger partial charge in [-0.3, -0.25) is 0 Å². The van der Waals surface area contributed by atoms with Crippen molar-refractivity contribution in [2.24, 2.45) is 5.92 Å².